The molecule has 60 valence electrons. The van der Waals surface area contributed by atoms with Gasteiger partial charge in [-0.15, -0.1) is 0 Å². The fourth-order valence-electron chi connectivity index (χ4n) is 0.727. The summed E-state index contributed by atoms with van der Waals surface area (Å²) in [6.07, 6.45) is 0. The van der Waals surface area contributed by atoms with Crippen molar-refractivity contribution in [1.82, 2.24) is 15.0 Å². The number of nitrogens with zero attached hydrogens (tertiary/aromatic N) is 3. The molecule has 0 spiro atoms. The molecule has 0 bridgehead atoms. The Labute approximate surface area is 70.9 Å². The van der Waals surface area contributed by atoms with Gasteiger partial charge in [-0.3, -0.25) is 0 Å². The molecule has 0 aromatic carbocycles. The van der Waals surface area contributed by atoms with Crippen LogP contribution < -0.4 is 0 Å². The van der Waals surface area contributed by atoms with Gasteiger partial charge in [-0.1, -0.05) is 13.8 Å². The summed E-state index contributed by atoms with van der Waals surface area (Å²) in [4.78, 5) is 12.0. The Morgan fingerprint density at radius 2 is 1.82 bits per heavy atom. The van der Waals surface area contributed by atoms with E-state index in [0.717, 1.165) is 5.82 Å². The minimum Gasteiger partial charge on any atom is -0.218 e. The monoisotopic (exact) mass is 171 g/mol. The first-order chi connectivity index (χ1) is 5.09. The normalized spacial score (nSPS) is 10.6. The Kier molecular flexibility index (Phi) is 2.39. The fourth-order valence-corrected chi connectivity index (χ4v) is 0.936. The lowest BCUT2D eigenvalue weighted by atomic mass is 10.2. The van der Waals surface area contributed by atoms with Crippen molar-refractivity contribution >= 4 is 11.6 Å². The van der Waals surface area contributed by atoms with Crippen molar-refractivity contribution in [2.75, 3.05) is 0 Å². The van der Waals surface area contributed by atoms with Crippen molar-refractivity contribution in [2.24, 2.45) is 0 Å². The highest BCUT2D eigenvalue weighted by atomic mass is 35.5. The highest BCUT2D eigenvalue weighted by molar-refractivity contribution is 6.28. The van der Waals surface area contributed by atoms with Crippen LogP contribution in [-0.2, 0) is 0 Å². The van der Waals surface area contributed by atoms with Crippen LogP contribution in [0.25, 0.3) is 0 Å². The molecular weight excluding hydrogens is 162 g/mol. The van der Waals surface area contributed by atoms with Gasteiger partial charge < -0.3 is 0 Å². The van der Waals surface area contributed by atoms with Crippen LogP contribution in [0.5, 0.6) is 0 Å². The summed E-state index contributed by atoms with van der Waals surface area (Å²) in [5.74, 6) is 1.73. The molecular formula is C7H10ClN3. The molecule has 0 N–H and O–H groups in total. The van der Waals surface area contributed by atoms with E-state index in [1.54, 1.807) is 6.92 Å². The number of halogens is 1. The number of aryl methyl sites for hydroxylation is 1. The van der Waals surface area contributed by atoms with E-state index < -0.39 is 0 Å². The second kappa shape index (κ2) is 3.13. The molecule has 1 aromatic rings. The summed E-state index contributed by atoms with van der Waals surface area (Å²) in [7, 11) is 0. The lowest BCUT2D eigenvalue weighted by Crippen LogP contribution is -2.01. The van der Waals surface area contributed by atoms with Gasteiger partial charge in [0.2, 0.25) is 5.28 Å². The van der Waals surface area contributed by atoms with Crippen LogP contribution in [-0.4, -0.2) is 15.0 Å². The Balaban J connectivity index is 3.08. The highest BCUT2D eigenvalue weighted by Crippen LogP contribution is 2.10. The van der Waals surface area contributed by atoms with Crippen molar-refractivity contribution in [3.8, 4) is 0 Å². The number of aromatic nitrogens is 3. The molecule has 0 aliphatic rings. The summed E-state index contributed by atoms with van der Waals surface area (Å²) >= 11 is 5.63. The van der Waals surface area contributed by atoms with Crippen molar-refractivity contribution < 1.29 is 0 Å². The molecule has 0 unspecified atom stereocenters. The maximum atomic E-state index is 5.63. The number of hydrogen-bond acceptors (Lipinski definition) is 3. The van der Waals surface area contributed by atoms with Crippen LogP contribution in [0, 0.1) is 6.92 Å². The van der Waals surface area contributed by atoms with Crippen molar-refractivity contribution in [1.29, 1.82) is 0 Å². The van der Waals surface area contributed by atoms with E-state index in [9.17, 15) is 0 Å². The molecule has 0 aliphatic heterocycles. The van der Waals surface area contributed by atoms with Gasteiger partial charge in [0, 0.05) is 5.92 Å². The summed E-state index contributed by atoms with van der Waals surface area (Å²) in [5, 5.41) is 0.279. The molecule has 3 nitrogen and oxygen atoms in total. The Morgan fingerprint density at radius 1 is 1.18 bits per heavy atom. The molecule has 1 aromatic heterocycles. The van der Waals surface area contributed by atoms with Crippen LogP contribution in [0.2, 0.25) is 5.28 Å². The molecule has 0 atom stereocenters. The first-order valence-electron chi connectivity index (χ1n) is 3.47. The van der Waals surface area contributed by atoms with E-state index in [4.69, 9.17) is 11.6 Å². The Bertz CT molecular complexity index is 240. The maximum Gasteiger partial charge on any atom is 0.225 e. The van der Waals surface area contributed by atoms with E-state index in [2.05, 4.69) is 15.0 Å². The molecule has 0 fully saturated rings. The van der Waals surface area contributed by atoms with Gasteiger partial charge in [-0.05, 0) is 18.5 Å². The molecule has 0 saturated heterocycles. The second-order valence-corrected chi connectivity index (χ2v) is 3.00. The highest BCUT2D eigenvalue weighted by Gasteiger charge is 2.04. The minimum atomic E-state index is 0.279. The smallest absolute Gasteiger partial charge is 0.218 e. The van der Waals surface area contributed by atoms with E-state index in [0.29, 0.717) is 11.7 Å². The van der Waals surface area contributed by atoms with E-state index >= 15 is 0 Å². The zero-order valence-electron chi connectivity index (χ0n) is 6.80. The summed E-state index contributed by atoms with van der Waals surface area (Å²) in [6, 6.07) is 0. The van der Waals surface area contributed by atoms with Gasteiger partial charge in [-0.2, -0.15) is 0 Å². The second-order valence-electron chi connectivity index (χ2n) is 2.66. The third-order valence-corrected chi connectivity index (χ3v) is 1.42. The van der Waals surface area contributed by atoms with Gasteiger partial charge in [0.05, 0.1) is 0 Å². The molecule has 1 heterocycles. The minimum absolute atomic E-state index is 0.279. The standard InChI is InChI=1S/C7H10ClN3/c1-4(2)6-9-5(3)10-7(8)11-6/h4H,1-3H3. The third kappa shape index (κ3) is 2.12. The predicted octanol–water partition coefficient (Wildman–Crippen LogP) is 1.96. The lowest BCUT2D eigenvalue weighted by molar-refractivity contribution is 0.746. The van der Waals surface area contributed by atoms with Gasteiger partial charge in [0.1, 0.15) is 11.6 Å². The molecule has 0 saturated carbocycles. The summed E-state index contributed by atoms with van der Waals surface area (Å²) in [5.41, 5.74) is 0. The zero-order valence-corrected chi connectivity index (χ0v) is 7.55. The van der Waals surface area contributed by atoms with E-state index in [-0.39, 0.29) is 5.28 Å². The van der Waals surface area contributed by atoms with Crippen LogP contribution in [0.3, 0.4) is 0 Å². The summed E-state index contributed by atoms with van der Waals surface area (Å²) < 4.78 is 0. The summed E-state index contributed by atoms with van der Waals surface area (Å²) in [6.45, 7) is 5.84. The van der Waals surface area contributed by atoms with E-state index in [1.807, 2.05) is 13.8 Å². The van der Waals surface area contributed by atoms with Gasteiger partial charge >= 0.3 is 0 Å². The third-order valence-electron chi connectivity index (χ3n) is 1.25. The van der Waals surface area contributed by atoms with Crippen molar-refractivity contribution in [3.05, 3.63) is 16.9 Å². The number of rotatable bonds is 1. The first kappa shape index (κ1) is 8.40. The predicted molar refractivity (Wildman–Crippen MR) is 43.7 cm³/mol. The SMILES string of the molecule is Cc1nc(Cl)nc(C(C)C)n1. The molecule has 0 radical (unpaired) electrons. The van der Waals surface area contributed by atoms with Crippen molar-refractivity contribution in [3.63, 3.8) is 0 Å². The largest absolute Gasteiger partial charge is 0.225 e. The Hall–Kier alpha value is -0.700. The quantitative estimate of drug-likeness (QED) is 0.649. The fraction of sp³-hybridized carbons (Fsp3) is 0.571. The van der Waals surface area contributed by atoms with Crippen LogP contribution >= 0.6 is 11.6 Å². The topological polar surface area (TPSA) is 38.7 Å². The van der Waals surface area contributed by atoms with Gasteiger partial charge in [0.15, 0.2) is 0 Å². The molecule has 1 rings (SSSR count). The van der Waals surface area contributed by atoms with Crippen LogP contribution in [0.1, 0.15) is 31.4 Å². The maximum absolute atomic E-state index is 5.63. The average Bonchev–Trinajstić information content (AvgIpc) is 1.85. The van der Waals surface area contributed by atoms with Crippen LogP contribution in [0.15, 0.2) is 0 Å². The van der Waals surface area contributed by atoms with Gasteiger partial charge in [-0.25, -0.2) is 15.0 Å². The van der Waals surface area contributed by atoms with Crippen LogP contribution in [0.4, 0.5) is 0 Å². The average molecular weight is 172 g/mol. The number of hydrogen-bond donors (Lipinski definition) is 0. The molecule has 4 heteroatoms. The van der Waals surface area contributed by atoms with Crippen molar-refractivity contribution in [2.45, 2.75) is 26.7 Å². The van der Waals surface area contributed by atoms with E-state index in [1.165, 1.54) is 0 Å². The van der Waals surface area contributed by atoms with Gasteiger partial charge in [0.25, 0.3) is 0 Å². The molecule has 0 aliphatic carbocycles. The molecule has 11 heavy (non-hydrogen) atoms. The zero-order chi connectivity index (χ0) is 8.43. The lowest BCUT2D eigenvalue weighted by Gasteiger charge is -2.02. The molecule has 0 amide bonds. The first-order valence-corrected chi connectivity index (χ1v) is 3.85. The Morgan fingerprint density at radius 3 is 2.27 bits per heavy atom.